The van der Waals surface area contributed by atoms with Crippen molar-refractivity contribution in [1.82, 2.24) is 19.6 Å². The summed E-state index contributed by atoms with van der Waals surface area (Å²) >= 11 is 5.56. The van der Waals surface area contributed by atoms with E-state index in [0.717, 1.165) is 43.5 Å². The van der Waals surface area contributed by atoms with Crippen molar-refractivity contribution in [2.75, 3.05) is 31.5 Å². The summed E-state index contributed by atoms with van der Waals surface area (Å²) in [5.74, 6) is 0. The molecule has 1 aliphatic heterocycles. The van der Waals surface area contributed by atoms with Gasteiger partial charge in [0.1, 0.15) is 0 Å². The smallest absolute Gasteiger partial charge is 0.173 e. The monoisotopic (exact) mass is 343 g/mol. The van der Waals surface area contributed by atoms with Crippen LogP contribution in [0.25, 0.3) is 0 Å². The molecule has 0 aliphatic carbocycles. The zero-order chi connectivity index (χ0) is 17.1. The molecule has 1 aromatic carbocycles. The Bertz CT molecular complexity index is 699. The lowest BCUT2D eigenvalue weighted by atomic mass is 10.2. The maximum Gasteiger partial charge on any atom is 0.173 e. The molecule has 0 atom stereocenters. The average Bonchev–Trinajstić information content (AvgIpc) is 2.90. The number of rotatable bonds is 3. The first kappa shape index (κ1) is 16.9. The van der Waals surface area contributed by atoms with Gasteiger partial charge in [-0.05, 0) is 38.2 Å². The van der Waals surface area contributed by atoms with Crippen LogP contribution < -0.4 is 5.32 Å². The largest absolute Gasteiger partial charge is 0.346 e. The van der Waals surface area contributed by atoms with Gasteiger partial charge in [-0.3, -0.25) is 9.58 Å². The Balaban J connectivity index is 1.50. The number of aromatic nitrogens is 2. The summed E-state index contributed by atoms with van der Waals surface area (Å²) in [7, 11) is 1.99. The standard InChI is InChI=1S/C18H25N5S/c1-14-4-6-17(7-5-14)20-18(24)23-10-8-22(9-11-23)13-16-12-19-21(3)15(16)2/h4-7,12H,8-11,13H2,1-3H3,(H,20,24). The van der Waals surface area contributed by atoms with Gasteiger partial charge in [-0.25, -0.2) is 0 Å². The molecule has 0 unspecified atom stereocenters. The van der Waals surface area contributed by atoms with Crippen LogP contribution in [0.4, 0.5) is 5.69 Å². The van der Waals surface area contributed by atoms with Crippen molar-refractivity contribution in [2.24, 2.45) is 7.05 Å². The van der Waals surface area contributed by atoms with Crippen LogP contribution in [0.15, 0.2) is 30.5 Å². The molecular weight excluding hydrogens is 318 g/mol. The van der Waals surface area contributed by atoms with E-state index in [9.17, 15) is 0 Å². The molecule has 0 spiro atoms. The van der Waals surface area contributed by atoms with Gasteiger partial charge in [0.25, 0.3) is 0 Å². The van der Waals surface area contributed by atoms with E-state index in [0.29, 0.717) is 0 Å². The maximum atomic E-state index is 5.56. The summed E-state index contributed by atoms with van der Waals surface area (Å²) in [6, 6.07) is 8.34. The van der Waals surface area contributed by atoms with Crippen molar-refractivity contribution < 1.29 is 0 Å². The summed E-state index contributed by atoms with van der Waals surface area (Å²) < 4.78 is 1.94. The van der Waals surface area contributed by atoms with Crippen molar-refractivity contribution in [1.29, 1.82) is 0 Å². The first-order chi connectivity index (χ1) is 11.5. The Kier molecular flexibility index (Phi) is 5.16. The summed E-state index contributed by atoms with van der Waals surface area (Å²) in [5, 5.41) is 8.48. The maximum absolute atomic E-state index is 5.56. The fourth-order valence-electron chi connectivity index (χ4n) is 2.89. The lowest BCUT2D eigenvalue weighted by Gasteiger charge is -2.36. The number of thiocarbonyl (C=S) groups is 1. The van der Waals surface area contributed by atoms with Gasteiger partial charge in [0.2, 0.25) is 0 Å². The number of anilines is 1. The van der Waals surface area contributed by atoms with Crippen LogP contribution in [0.3, 0.4) is 0 Å². The quantitative estimate of drug-likeness (QED) is 0.867. The topological polar surface area (TPSA) is 36.3 Å². The zero-order valence-electron chi connectivity index (χ0n) is 14.6. The SMILES string of the molecule is Cc1ccc(NC(=S)N2CCN(Cc3cnn(C)c3C)CC2)cc1. The van der Waals surface area contributed by atoms with Gasteiger partial charge >= 0.3 is 0 Å². The molecule has 1 aromatic heterocycles. The number of nitrogens with zero attached hydrogens (tertiary/aromatic N) is 4. The zero-order valence-corrected chi connectivity index (χ0v) is 15.4. The molecule has 0 radical (unpaired) electrons. The van der Waals surface area contributed by atoms with Crippen LogP contribution in [0.1, 0.15) is 16.8 Å². The predicted octanol–water partition coefficient (Wildman–Crippen LogP) is 2.55. The van der Waals surface area contributed by atoms with Gasteiger partial charge in [0.15, 0.2) is 5.11 Å². The predicted molar refractivity (Wildman–Crippen MR) is 102 cm³/mol. The highest BCUT2D eigenvalue weighted by Gasteiger charge is 2.20. The molecule has 6 heteroatoms. The average molecular weight is 344 g/mol. The normalized spacial score (nSPS) is 15.5. The van der Waals surface area contributed by atoms with Gasteiger partial charge < -0.3 is 10.2 Å². The van der Waals surface area contributed by atoms with Crippen molar-refractivity contribution >= 4 is 23.0 Å². The van der Waals surface area contributed by atoms with Crippen LogP contribution >= 0.6 is 12.2 Å². The van der Waals surface area contributed by atoms with Crippen molar-refractivity contribution in [3.05, 3.63) is 47.3 Å². The molecule has 2 aromatic rings. The third-order valence-electron chi connectivity index (χ3n) is 4.69. The van der Waals surface area contributed by atoms with Crippen LogP contribution in [-0.2, 0) is 13.6 Å². The number of hydrogen-bond donors (Lipinski definition) is 1. The first-order valence-corrected chi connectivity index (χ1v) is 8.76. The molecule has 1 fully saturated rings. The molecule has 0 saturated carbocycles. The highest BCUT2D eigenvalue weighted by molar-refractivity contribution is 7.80. The summed E-state index contributed by atoms with van der Waals surface area (Å²) in [6.45, 7) is 9.12. The minimum absolute atomic E-state index is 0.816. The van der Waals surface area contributed by atoms with Crippen LogP contribution in [0.2, 0.25) is 0 Å². The molecule has 1 N–H and O–H groups in total. The van der Waals surface area contributed by atoms with Crippen molar-refractivity contribution in [3.63, 3.8) is 0 Å². The molecular formula is C18H25N5S. The Morgan fingerprint density at radius 3 is 2.38 bits per heavy atom. The van der Waals surface area contributed by atoms with Gasteiger partial charge in [0, 0.05) is 56.7 Å². The summed E-state index contributed by atoms with van der Waals surface area (Å²) in [6.07, 6.45) is 1.98. The number of nitrogens with one attached hydrogen (secondary N) is 1. The van der Waals surface area contributed by atoms with E-state index < -0.39 is 0 Å². The molecule has 2 heterocycles. The Morgan fingerprint density at radius 2 is 1.79 bits per heavy atom. The Hall–Kier alpha value is -1.92. The first-order valence-electron chi connectivity index (χ1n) is 8.35. The van der Waals surface area contributed by atoms with Gasteiger partial charge in [-0.15, -0.1) is 0 Å². The van der Waals surface area contributed by atoms with Crippen LogP contribution in [0.5, 0.6) is 0 Å². The Morgan fingerprint density at radius 1 is 1.12 bits per heavy atom. The third-order valence-corrected chi connectivity index (χ3v) is 5.05. The minimum Gasteiger partial charge on any atom is -0.346 e. The molecule has 24 heavy (non-hydrogen) atoms. The highest BCUT2D eigenvalue weighted by atomic mass is 32.1. The number of hydrogen-bond acceptors (Lipinski definition) is 3. The lowest BCUT2D eigenvalue weighted by molar-refractivity contribution is 0.176. The molecule has 0 bridgehead atoms. The van der Waals surface area contributed by atoms with Crippen molar-refractivity contribution in [3.8, 4) is 0 Å². The van der Waals surface area contributed by atoms with Gasteiger partial charge in [0.05, 0.1) is 6.20 Å². The molecule has 1 saturated heterocycles. The van der Waals surface area contributed by atoms with E-state index in [1.807, 2.05) is 17.9 Å². The fraction of sp³-hybridized carbons (Fsp3) is 0.444. The van der Waals surface area contributed by atoms with Gasteiger partial charge in [-0.2, -0.15) is 5.10 Å². The summed E-state index contributed by atoms with van der Waals surface area (Å²) in [4.78, 5) is 4.72. The van der Waals surface area contributed by atoms with Gasteiger partial charge in [-0.1, -0.05) is 17.7 Å². The number of benzene rings is 1. The Labute approximate surface area is 149 Å². The molecule has 128 valence electrons. The van der Waals surface area contributed by atoms with E-state index in [4.69, 9.17) is 12.2 Å². The second-order valence-electron chi connectivity index (χ2n) is 6.44. The van der Waals surface area contributed by atoms with E-state index in [1.54, 1.807) is 0 Å². The number of piperazine rings is 1. The van der Waals surface area contributed by atoms with E-state index in [-0.39, 0.29) is 0 Å². The molecule has 5 nitrogen and oxygen atoms in total. The highest BCUT2D eigenvalue weighted by Crippen LogP contribution is 2.14. The van der Waals surface area contributed by atoms with Crippen LogP contribution in [0, 0.1) is 13.8 Å². The van der Waals surface area contributed by atoms with Crippen molar-refractivity contribution in [2.45, 2.75) is 20.4 Å². The molecule has 3 rings (SSSR count). The van der Waals surface area contributed by atoms with E-state index in [1.165, 1.54) is 16.8 Å². The lowest BCUT2D eigenvalue weighted by Crippen LogP contribution is -2.49. The second-order valence-corrected chi connectivity index (χ2v) is 6.82. The minimum atomic E-state index is 0.816. The molecule has 0 amide bonds. The van der Waals surface area contributed by atoms with E-state index in [2.05, 4.69) is 58.3 Å². The third kappa shape index (κ3) is 3.94. The summed E-state index contributed by atoms with van der Waals surface area (Å²) in [5.41, 5.74) is 4.87. The number of aryl methyl sites for hydroxylation is 2. The van der Waals surface area contributed by atoms with E-state index >= 15 is 0 Å². The second kappa shape index (κ2) is 7.32. The fourth-order valence-corrected chi connectivity index (χ4v) is 3.19. The van der Waals surface area contributed by atoms with Crippen LogP contribution in [-0.4, -0.2) is 50.9 Å². The molecule has 1 aliphatic rings.